The van der Waals surface area contributed by atoms with Crippen molar-refractivity contribution in [2.45, 2.75) is 39.2 Å². The van der Waals surface area contributed by atoms with Crippen LogP contribution < -0.4 is 10.6 Å². The van der Waals surface area contributed by atoms with Crippen molar-refractivity contribution in [1.82, 2.24) is 10.3 Å². The normalized spacial score (nSPS) is 25.2. The Hall–Kier alpha value is -2.11. The van der Waals surface area contributed by atoms with Crippen LogP contribution in [-0.4, -0.2) is 28.1 Å². The minimum absolute atomic E-state index is 0.350. The molecule has 108 valence electrons. The van der Waals surface area contributed by atoms with Crippen LogP contribution in [0.15, 0.2) is 18.3 Å². The van der Waals surface area contributed by atoms with Gasteiger partial charge in [0.05, 0.1) is 16.8 Å². The molecule has 1 aliphatic carbocycles. The molecule has 2 atom stereocenters. The molecule has 0 bridgehead atoms. The summed E-state index contributed by atoms with van der Waals surface area (Å²) in [6.45, 7) is 3.48. The van der Waals surface area contributed by atoms with E-state index in [1.54, 1.807) is 32.2 Å². The predicted octanol–water partition coefficient (Wildman–Crippen LogP) is 2.15. The molecule has 0 spiro atoms. The molecule has 1 saturated carbocycles. The van der Waals surface area contributed by atoms with Crippen molar-refractivity contribution in [3.05, 3.63) is 24.0 Å². The number of pyridine rings is 1. The van der Waals surface area contributed by atoms with Crippen LogP contribution in [0.5, 0.6) is 0 Å². The van der Waals surface area contributed by atoms with Crippen molar-refractivity contribution in [3.8, 4) is 0 Å². The van der Waals surface area contributed by atoms with Gasteiger partial charge in [0.2, 0.25) is 0 Å². The Morgan fingerprint density at radius 2 is 2.25 bits per heavy atom. The molecule has 2 unspecified atom stereocenters. The Labute approximate surface area is 117 Å². The first-order chi connectivity index (χ1) is 9.43. The summed E-state index contributed by atoms with van der Waals surface area (Å²) in [5.41, 5.74) is 0.455. The number of carbonyl (C=O) groups is 2. The van der Waals surface area contributed by atoms with Crippen LogP contribution in [0.2, 0.25) is 0 Å². The number of hydrogen-bond donors (Lipinski definition) is 3. The number of aliphatic carboxylic acids is 1. The summed E-state index contributed by atoms with van der Waals surface area (Å²) in [5, 5.41) is 14.8. The first-order valence-corrected chi connectivity index (χ1v) is 6.66. The number of carboxylic acids is 1. The molecule has 1 aliphatic rings. The zero-order valence-corrected chi connectivity index (χ0v) is 11.6. The Morgan fingerprint density at radius 3 is 2.90 bits per heavy atom. The van der Waals surface area contributed by atoms with Crippen LogP contribution in [0, 0.1) is 12.3 Å². The number of aromatic nitrogens is 1. The van der Waals surface area contributed by atoms with Crippen molar-refractivity contribution >= 4 is 17.7 Å². The Balaban J connectivity index is 2.02. The van der Waals surface area contributed by atoms with E-state index in [0.29, 0.717) is 18.5 Å². The topological polar surface area (TPSA) is 91.3 Å². The van der Waals surface area contributed by atoms with Gasteiger partial charge in [0.25, 0.3) is 0 Å². The quantitative estimate of drug-likeness (QED) is 0.789. The molecule has 2 rings (SSSR count). The van der Waals surface area contributed by atoms with E-state index in [4.69, 9.17) is 0 Å². The summed E-state index contributed by atoms with van der Waals surface area (Å²) in [6, 6.07) is 2.75. The van der Waals surface area contributed by atoms with E-state index in [1.807, 2.05) is 0 Å². The third kappa shape index (κ3) is 2.74. The molecule has 1 aromatic rings. The number of urea groups is 1. The van der Waals surface area contributed by atoms with Gasteiger partial charge in [0.15, 0.2) is 0 Å². The maximum Gasteiger partial charge on any atom is 0.319 e. The molecule has 3 N–H and O–H groups in total. The van der Waals surface area contributed by atoms with Gasteiger partial charge in [0, 0.05) is 12.2 Å². The number of rotatable bonds is 3. The highest BCUT2D eigenvalue weighted by Gasteiger charge is 2.45. The minimum atomic E-state index is -0.888. The third-order valence-electron chi connectivity index (χ3n) is 4.01. The maximum atomic E-state index is 12.0. The van der Waals surface area contributed by atoms with Gasteiger partial charge in [-0.05, 0) is 38.8 Å². The molecule has 0 aromatic carbocycles. The highest BCUT2D eigenvalue weighted by Crippen LogP contribution is 2.38. The molecule has 0 aliphatic heterocycles. The Morgan fingerprint density at radius 1 is 1.50 bits per heavy atom. The zero-order chi connectivity index (χ0) is 14.8. The van der Waals surface area contributed by atoms with Gasteiger partial charge in [-0.15, -0.1) is 0 Å². The van der Waals surface area contributed by atoms with Crippen LogP contribution >= 0.6 is 0 Å². The minimum Gasteiger partial charge on any atom is -0.481 e. The van der Waals surface area contributed by atoms with Crippen LogP contribution in [0.3, 0.4) is 0 Å². The number of carbonyl (C=O) groups excluding carboxylic acids is 1. The van der Waals surface area contributed by atoms with E-state index in [9.17, 15) is 14.7 Å². The average molecular weight is 277 g/mol. The molecule has 6 heteroatoms. The van der Waals surface area contributed by atoms with Crippen LogP contribution in [-0.2, 0) is 4.79 Å². The van der Waals surface area contributed by atoms with Gasteiger partial charge in [-0.3, -0.25) is 9.78 Å². The van der Waals surface area contributed by atoms with Gasteiger partial charge < -0.3 is 15.7 Å². The van der Waals surface area contributed by atoms with Gasteiger partial charge in [-0.25, -0.2) is 4.79 Å². The summed E-state index contributed by atoms with van der Waals surface area (Å²) >= 11 is 0. The SMILES string of the molecule is Cc1ncccc1NC(=O)NC1CCCC1(C)C(=O)O. The van der Waals surface area contributed by atoms with Gasteiger partial charge in [0.1, 0.15) is 0 Å². The predicted molar refractivity (Wildman–Crippen MR) is 74.5 cm³/mol. The molecule has 1 aromatic heterocycles. The van der Waals surface area contributed by atoms with Crippen molar-refractivity contribution in [2.75, 3.05) is 5.32 Å². The highest BCUT2D eigenvalue weighted by molar-refractivity contribution is 5.90. The maximum absolute atomic E-state index is 12.0. The second-order valence-corrected chi connectivity index (χ2v) is 5.40. The average Bonchev–Trinajstić information content (AvgIpc) is 2.75. The standard InChI is InChI=1S/C14H19N3O3/c1-9-10(5-4-8-15-9)16-13(20)17-11-6-3-7-14(11,2)12(18)19/h4-5,8,11H,3,6-7H2,1-2H3,(H,18,19)(H2,16,17,20). The Bertz CT molecular complexity index is 532. The lowest BCUT2D eigenvalue weighted by Crippen LogP contribution is -2.48. The summed E-state index contributed by atoms with van der Waals surface area (Å²) in [6.07, 6.45) is 3.72. The molecule has 1 heterocycles. The van der Waals surface area contributed by atoms with E-state index in [0.717, 1.165) is 12.1 Å². The zero-order valence-electron chi connectivity index (χ0n) is 11.6. The number of carboxylic acid groups (broad SMARTS) is 1. The second-order valence-electron chi connectivity index (χ2n) is 5.40. The van der Waals surface area contributed by atoms with Crippen molar-refractivity contribution in [3.63, 3.8) is 0 Å². The number of nitrogens with zero attached hydrogens (tertiary/aromatic N) is 1. The molecule has 6 nitrogen and oxygen atoms in total. The van der Waals surface area contributed by atoms with E-state index in [-0.39, 0.29) is 12.1 Å². The van der Waals surface area contributed by atoms with Gasteiger partial charge in [-0.2, -0.15) is 0 Å². The first kappa shape index (κ1) is 14.3. The fourth-order valence-electron chi connectivity index (χ4n) is 2.59. The van der Waals surface area contributed by atoms with E-state index >= 15 is 0 Å². The summed E-state index contributed by atoms with van der Waals surface area (Å²) < 4.78 is 0. The number of anilines is 1. The molecule has 2 amide bonds. The van der Waals surface area contributed by atoms with E-state index in [1.165, 1.54) is 0 Å². The molecule has 0 radical (unpaired) electrons. The summed E-state index contributed by atoms with van der Waals surface area (Å²) in [7, 11) is 0. The third-order valence-corrected chi connectivity index (χ3v) is 4.01. The number of hydrogen-bond acceptors (Lipinski definition) is 3. The van der Waals surface area contributed by atoms with Crippen molar-refractivity contribution in [2.24, 2.45) is 5.41 Å². The molecular weight excluding hydrogens is 258 g/mol. The lowest BCUT2D eigenvalue weighted by molar-refractivity contribution is -0.148. The second kappa shape index (κ2) is 5.48. The highest BCUT2D eigenvalue weighted by atomic mass is 16.4. The number of amides is 2. The molecular formula is C14H19N3O3. The first-order valence-electron chi connectivity index (χ1n) is 6.66. The fraction of sp³-hybridized carbons (Fsp3) is 0.500. The smallest absolute Gasteiger partial charge is 0.319 e. The molecule has 20 heavy (non-hydrogen) atoms. The van der Waals surface area contributed by atoms with Crippen molar-refractivity contribution in [1.29, 1.82) is 0 Å². The lowest BCUT2D eigenvalue weighted by Gasteiger charge is -2.27. The molecule has 1 fully saturated rings. The Kier molecular flexibility index (Phi) is 3.92. The van der Waals surface area contributed by atoms with Crippen LogP contribution in [0.25, 0.3) is 0 Å². The summed E-state index contributed by atoms with van der Waals surface area (Å²) in [4.78, 5) is 27.4. The monoisotopic (exact) mass is 277 g/mol. The van der Waals surface area contributed by atoms with E-state index in [2.05, 4.69) is 15.6 Å². The summed E-state index contributed by atoms with van der Waals surface area (Å²) in [5.74, 6) is -0.863. The van der Waals surface area contributed by atoms with Crippen LogP contribution in [0.4, 0.5) is 10.5 Å². The number of aryl methyl sites for hydroxylation is 1. The van der Waals surface area contributed by atoms with Crippen molar-refractivity contribution < 1.29 is 14.7 Å². The van der Waals surface area contributed by atoms with Gasteiger partial charge >= 0.3 is 12.0 Å². The largest absolute Gasteiger partial charge is 0.481 e. The van der Waals surface area contributed by atoms with Crippen LogP contribution in [0.1, 0.15) is 31.9 Å². The van der Waals surface area contributed by atoms with Gasteiger partial charge in [-0.1, -0.05) is 6.42 Å². The van der Waals surface area contributed by atoms with E-state index < -0.39 is 11.4 Å². The number of nitrogens with one attached hydrogen (secondary N) is 2. The fourth-order valence-corrected chi connectivity index (χ4v) is 2.59. The lowest BCUT2D eigenvalue weighted by atomic mass is 9.85. The molecule has 0 saturated heterocycles.